The standard InChI is InChI=1S/C7H18NO4P.C2H6.H2/c1-11-13(9,10)12-7-5-3-2-4-6-8;1-2;/h2-8H2,1H3,(H,9,10);1-2H3;1H. The van der Waals surface area contributed by atoms with Gasteiger partial charge in [0, 0.05) is 8.54 Å². The van der Waals surface area contributed by atoms with Crippen LogP contribution in [0.5, 0.6) is 0 Å². The van der Waals surface area contributed by atoms with Crippen molar-refractivity contribution >= 4 is 7.82 Å². The van der Waals surface area contributed by atoms with E-state index < -0.39 is 7.82 Å². The second-order valence-electron chi connectivity index (χ2n) is 2.69. The van der Waals surface area contributed by atoms with E-state index in [1.165, 1.54) is 0 Å². The highest BCUT2D eigenvalue weighted by atomic mass is 31.2. The molecule has 1 unspecified atom stereocenters. The van der Waals surface area contributed by atoms with Gasteiger partial charge in [-0.2, -0.15) is 0 Å². The number of phosphoric acid groups is 1. The third-order valence-corrected chi connectivity index (χ3v) is 2.55. The Balaban J connectivity index is -0.000000529. The molecule has 0 aliphatic carbocycles. The molecule has 0 rings (SSSR count). The summed E-state index contributed by atoms with van der Waals surface area (Å²) >= 11 is 0. The van der Waals surface area contributed by atoms with Gasteiger partial charge in [0.15, 0.2) is 0 Å². The van der Waals surface area contributed by atoms with Crippen molar-refractivity contribution in [2.24, 2.45) is 5.73 Å². The summed E-state index contributed by atoms with van der Waals surface area (Å²) in [5, 5.41) is 0. The monoisotopic (exact) mass is 243 g/mol. The summed E-state index contributed by atoms with van der Waals surface area (Å²) in [5.41, 5.74) is 5.30. The van der Waals surface area contributed by atoms with Gasteiger partial charge in [0.1, 0.15) is 0 Å². The van der Waals surface area contributed by atoms with E-state index in [1.54, 1.807) is 0 Å². The molecule has 96 valence electrons. The minimum Gasteiger partial charge on any atom is -0.330 e. The third kappa shape index (κ3) is 14.1. The van der Waals surface area contributed by atoms with Gasteiger partial charge >= 0.3 is 7.82 Å². The second-order valence-corrected chi connectivity index (χ2v) is 4.25. The zero-order valence-electron chi connectivity index (χ0n) is 9.94. The van der Waals surface area contributed by atoms with Gasteiger partial charge < -0.3 is 10.6 Å². The van der Waals surface area contributed by atoms with Crippen LogP contribution in [0.4, 0.5) is 0 Å². The topological polar surface area (TPSA) is 81.8 Å². The second kappa shape index (κ2) is 12.1. The molecular weight excluding hydrogens is 217 g/mol. The van der Waals surface area contributed by atoms with E-state index in [-0.39, 0.29) is 8.03 Å². The van der Waals surface area contributed by atoms with Crippen LogP contribution in [0, 0.1) is 0 Å². The summed E-state index contributed by atoms with van der Waals surface area (Å²) in [6, 6.07) is 0. The lowest BCUT2D eigenvalue weighted by atomic mass is 10.2. The molecule has 0 heterocycles. The first-order valence-electron chi connectivity index (χ1n) is 5.35. The summed E-state index contributed by atoms with van der Waals surface area (Å²) < 4.78 is 19.6. The molecule has 0 radical (unpaired) electrons. The number of unbranched alkanes of at least 4 members (excludes halogenated alkanes) is 3. The molecule has 3 N–H and O–H groups in total. The van der Waals surface area contributed by atoms with Crippen molar-refractivity contribution in [3.05, 3.63) is 0 Å². The first-order valence-corrected chi connectivity index (χ1v) is 6.85. The Kier molecular flexibility index (Phi) is 14.1. The van der Waals surface area contributed by atoms with Crippen LogP contribution >= 0.6 is 7.82 Å². The number of rotatable bonds is 8. The van der Waals surface area contributed by atoms with Crippen LogP contribution in [0.1, 0.15) is 41.0 Å². The summed E-state index contributed by atoms with van der Waals surface area (Å²) in [6.07, 6.45) is 3.73. The quantitative estimate of drug-likeness (QED) is 0.505. The van der Waals surface area contributed by atoms with E-state index >= 15 is 0 Å². The van der Waals surface area contributed by atoms with Crippen LogP contribution in [0.3, 0.4) is 0 Å². The number of phosphoric ester groups is 1. The molecule has 0 aromatic carbocycles. The average molecular weight is 243 g/mol. The van der Waals surface area contributed by atoms with Gasteiger partial charge in [0.25, 0.3) is 0 Å². The van der Waals surface area contributed by atoms with E-state index in [0.717, 1.165) is 32.8 Å². The summed E-state index contributed by atoms with van der Waals surface area (Å²) in [4.78, 5) is 8.82. The molecule has 0 fully saturated rings. The highest BCUT2D eigenvalue weighted by Crippen LogP contribution is 2.41. The van der Waals surface area contributed by atoms with Crippen LogP contribution < -0.4 is 5.73 Å². The number of hydrogen-bond acceptors (Lipinski definition) is 4. The van der Waals surface area contributed by atoms with Gasteiger partial charge in [0.05, 0.1) is 6.61 Å². The summed E-state index contributed by atoms with van der Waals surface area (Å²) in [7, 11) is -2.61. The number of nitrogens with two attached hydrogens (primary N) is 1. The molecule has 0 aromatic heterocycles. The van der Waals surface area contributed by atoms with Gasteiger partial charge in [-0.25, -0.2) is 4.57 Å². The molecule has 0 spiro atoms. The maximum absolute atomic E-state index is 10.8. The average Bonchev–Trinajstić information content (AvgIpc) is 2.26. The summed E-state index contributed by atoms with van der Waals surface area (Å²) in [5.74, 6) is 0. The molecule has 0 bridgehead atoms. The first kappa shape index (κ1) is 17.5. The van der Waals surface area contributed by atoms with Crippen molar-refractivity contribution in [3.63, 3.8) is 0 Å². The third-order valence-electron chi connectivity index (χ3n) is 1.58. The van der Waals surface area contributed by atoms with Crippen LogP contribution in [0.2, 0.25) is 0 Å². The molecule has 0 saturated heterocycles. The van der Waals surface area contributed by atoms with Crippen molar-refractivity contribution in [2.75, 3.05) is 20.3 Å². The Labute approximate surface area is 94.1 Å². The maximum atomic E-state index is 10.8. The van der Waals surface area contributed by atoms with Gasteiger partial charge in [-0.15, -0.1) is 0 Å². The lowest BCUT2D eigenvalue weighted by Crippen LogP contribution is -1.99. The molecule has 1 atom stereocenters. The molecule has 0 saturated carbocycles. The fourth-order valence-corrected chi connectivity index (χ4v) is 1.30. The van der Waals surface area contributed by atoms with Gasteiger partial charge in [0.2, 0.25) is 0 Å². The fraction of sp³-hybridized carbons (Fsp3) is 1.00. The molecule has 0 aliphatic heterocycles. The molecule has 6 heteroatoms. The van der Waals surface area contributed by atoms with Crippen LogP contribution in [-0.2, 0) is 13.6 Å². The summed E-state index contributed by atoms with van der Waals surface area (Å²) in [6.45, 7) is 4.95. The van der Waals surface area contributed by atoms with E-state index in [0.29, 0.717) is 6.54 Å². The van der Waals surface area contributed by atoms with Crippen molar-refractivity contribution < 1.29 is 19.9 Å². The van der Waals surface area contributed by atoms with E-state index in [9.17, 15) is 4.57 Å². The smallest absolute Gasteiger partial charge is 0.330 e. The number of hydrogen-bond donors (Lipinski definition) is 2. The molecule has 0 aliphatic rings. The van der Waals surface area contributed by atoms with E-state index in [4.69, 9.17) is 10.6 Å². The predicted octanol–water partition coefficient (Wildman–Crippen LogP) is 2.54. The molecular formula is C9H26NO4P. The molecule has 0 aromatic rings. The Bertz CT molecular complexity index is 172. The normalized spacial score (nSPS) is 13.9. The fourth-order valence-electron chi connectivity index (χ4n) is 0.833. The largest absolute Gasteiger partial charge is 0.471 e. The SMILES string of the molecule is CC.COP(=O)(O)OCCCCCCN.[HH]. The Morgan fingerprint density at radius 1 is 1.27 bits per heavy atom. The van der Waals surface area contributed by atoms with E-state index in [1.807, 2.05) is 13.8 Å². The van der Waals surface area contributed by atoms with E-state index in [2.05, 4.69) is 9.05 Å². The van der Waals surface area contributed by atoms with Crippen molar-refractivity contribution in [1.82, 2.24) is 0 Å². The Morgan fingerprint density at radius 3 is 2.27 bits per heavy atom. The van der Waals surface area contributed by atoms with Gasteiger partial charge in [-0.1, -0.05) is 26.7 Å². The lowest BCUT2D eigenvalue weighted by molar-refractivity contribution is 0.170. The Hall–Kier alpha value is 0.0700. The lowest BCUT2D eigenvalue weighted by Gasteiger charge is -2.08. The zero-order valence-corrected chi connectivity index (χ0v) is 10.8. The van der Waals surface area contributed by atoms with Crippen molar-refractivity contribution in [3.8, 4) is 0 Å². The highest BCUT2D eigenvalue weighted by molar-refractivity contribution is 7.47. The molecule has 15 heavy (non-hydrogen) atoms. The molecule has 5 nitrogen and oxygen atoms in total. The van der Waals surface area contributed by atoms with Crippen molar-refractivity contribution in [2.45, 2.75) is 39.5 Å². The minimum atomic E-state index is -3.75. The van der Waals surface area contributed by atoms with Gasteiger partial charge in [-0.3, -0.25) is 9.05 Å². The minimum absolute atomic E-state index is 0. The maximum Gasteiger partial charge on any atom is 0.471 e. The predicted molar refractivity (Wildman–Crippen MR) is 63.8 cm³/mol. The van der Waals surface area contributed by atoms with Gasteiger partial charge in [-0.05, 0) is 19.4 Å². The van der Waals surface area contributed by atoms with Crippen LogP contribution in [0.25, 0.3) is 0 Å². The Morgan fingerprint density at radius 2 is 1.80 bits per heavy atom. The molecule has 0 amide bonds. The van der Waals surface area contributed by atoms with Crippen molar-refractivity contribution in [1.29, 1.82) is 0 Å². The van der Waals surface area contributed by atoms with Crippen LogP contribution in [0.15, 0.2) is 0 Å². The highest BCUT2D eigenvalue weighted by Gasteiger charge is 2.16. The zero-order chi connectivity index (χ0) is 12.2. The van der Waals surface area contributed by atoms with Crippen LogP contribution in [-0.4, -0.2) is 25.2 Å². The first-order chi connectivity index (χ1) is 7.12.